The van der Waals surface area contributed by atoms with E-state index in [0.29, 0.717) is 12.0 Å². The highest BCUT2D eigenvalue weighted by molar-refractivity contribution is 7.54. The van der Waals surface area contributed by atoms with E-state index < -0.39 is 44.2 Å². The summed E-state index contributed by atoms with van der Waals surface area (Å²) in [7, 11) is -4.07. The molecule has 6 atom stereocenters. The summed E-state index contributed by atoms with van der Waals surface area (Å²) in [5, 5.41) is 10.9. The zero-order valence-electron chi connectivity index (χ0n) is 23.2. The molecule has 13 nitrogen and oxygen atoms in total. The van der Waals surface area contributed by atoms with Crippen molar-refractivity contribution < 1.29 is 37.4 Å². The molecular formula is C26H34FN6O7P. The number of aliphatic hydroxyl groups excluding tert-OH is 1. The third-order valence-electron chi connectivity index (χ3n) is 7.02. The van der Waals surface area contributed by atoms with E-state index in [9.17, 15) is 19.3 Å². The second-order valence-electron chi connectivity index (χ2n) is 10.4. The summed E-state index contributed by atoms with van der Waals surface area (Å²) in [4.78, 5) is 35.6. The number of halogens is 1. The van der Waals surface area contributed by atoms with Crippen molar-refractivity contribution in [1.29, 1.82) is 0 Å². The summed E-state index contributed by atoms with van der Waals surface area (Å²) in [5.74, 6) is -0.879. The van der Waals surface area contributed by atoms with Crippen molar-refractivity contribution in [2.24, 2.45) is 5.92 Å². The largest absolute Gasteiger partial charge is 0.424 e. The predicted octanol–water partition coefficient (Wildman–Crippen LogP) is 3.01. The molecule has 15 heteroatoms. The molecule has 0 radical (unpaired) electrons. The maximum Gasteiger partial charge on any atom is 0.380 e. The first kappa shape index (κ1) is 30.5. The van der Waals surface area contributed by atoms with Crippen molar-refractivity contribution in [1.82, 2.24) is 19.5 Å². The van der Waals surface area contributed by atoms with E-state index in [1.807, 2.05) is 0 Å². The van der Waals surface area contributed by atoms with Crippen molar-refractivity contribution in [3.8, 4) is 5.75 Å². The van der Waals surface area contributed by atoms with Crippen LogP contribution in [0.4, 0.5) is 16.2 Å². The number of para-hydroxylation sites is 1. The number of nitrogen functional groups attached to an aromatic ring is 2. The van der Waals surface area contributed by atoms with Crippen molar-refractivity contribution in [2.75, 3.05) is 24.2 Å². The summed E-state index contributed by atoms with van der Waals surface area (Å²) in [6.07, 6.45) is -2.87. The van der Waals surface area contributed by atoms with Crippen LogP contribution in [0, 0.1) is 5.92 Å². The van der Waals surface area contributed by atoms with Gasteiger partial charge in [-0.25, -0.2) is 13.9 Å². The van der Waals surface area contributed by atoms with Crippen LogP contribution in [-0.4, -0.2) is 66.8 Å². The standard InChI is InChI=1S/C26H34FN6O7P/c1-14(16(3)35)12-41(37,40-18-8-6-5-7-17(18)10-9-15(2)34)38-11-19-21(36)26(4,27)24(39-19)33-13-30-20-22(28)31-25(29)32-23(20)33/h5-8,13-14,19,21,24,36H,9-12H2,1-4H3,(H4,28,29,31,32)/t14-,19-,21+,24-,26?,41?/m1/s1. The lowest BCUT2D eigenvalue weighted by molar-refractivity contribution is -0.120. The third-order valence-corrected chi connectivity index (χ3v) is 9.03. The fraction of sp³-hybridized carbons (Fsp3) is 0.500. The zero-order valence-corrected chi connectivity index (χ0v) is 24.1. The van der Waals surface area contributed by atoms with Crippen LogP contribution in [0.5, 0.6) is 5.75 Å². The van der Waals surface area contributed by atoms with Gasteiger partial charge in [-0.15, -0.1) is 0 Å². The Bertz CT molecular complexity index is 1500. The number of ketones is 2. The van der Waals surface area contributed by atoms with E-state index in [1.165, 1.54) is 24.7 Å². The highest BCUT2D eigenvalue weighted by Crippen LogP contribution is 2.52. The molecule has 1 saturated heterocycles. The third kappa shape index (κ3) is 6.56. The second kappa shape index (κ2) is 11.8. The van der Waals surface area contributed by atoms with Gasteiger partial charge in [0.05, 0.1) is 19.1 Å². The van der Waals surface area contributed by atoms with Gasteiger partial charge < -0.3 is 30.6 Å². The van der Waals surface area contributed by atoms with E-state index in [4.69, 9.17) is 25.3 Å². The number of hydrogen-bond acceptors (Lipinski definition) is 12. The number of Topliss-reactive ketones (excluding diaryl/α,β-unsaturated/α-hetero) is 2. The lowest BCUT2D eigenvalue weighted by atomic mass is 9.98. The first-order chi connectivity index (χ1) is 19.2. The second-order valence-corrected chi connectivity index (χ2v) is 12.4. The number of ether oxygens (including phenoxy) is 1. The minimum absolute atomic E-state index is 0.00787. The molecule has 1 aliphatic heterocycles. The Morgan fingerprint density at radius 2 is 1.98 bits per heavy atom. The van der Waals surface area contributed by atoms with Gasteiger partial charge in [-0.1, -0.05) is 25.1 Å². The Balaban J connectivity index is 1.58. The van der Waals surface area contributed by atoms with Crippen LogP contribution in [0.15, 0.2) is 30.6 Å². The van der Waals surface area contributed by atoms with Gasteiger partial charge in [-0.3, -0.25) is 13.9 Å². The predicted molar refractivity (Wildman–Crippen MR) is 148 cm³/mol. The van der Waals surface area contributed by atoms with Crippen LogP contribution in [0.25, 0.3) is 11.2 Å². The molecule has 0 bridgehead atoms. The van der Waals surface area contributed by atoms with Crippen molar-refractivity contribution in [3.05, 3.63) is 36.2 Å². The first-order valence-corrected chi connectivity index (χ1v) is 14.7. The summed E-state index contributed by atoms with van der Waals surface area (Å²) >= 11 is 0. The summed E-state index contributed by atoms with van der Waals surface area (Å²) in [6, 6.07) is 6.75. The number of alkyl halides is 1. The van der Waals surface area contributed by atoms with Crippen molar-refractivity contribution >= 4 is 42.1 Å². The summed E-state index contributed by atoms with van der Waals surface area (Å²) < 4.78 is 48.7. The van der Waals surface area contributed by atoms with E-state index in [1.54, 1.807) is 31.2 Å². The molecule has 0 aliphatic carbocycles. The van der Waals surface area contributed by atoms with Gasteiger partial charge in [0.2, 0.25) is 5.95 Å². The maximum atomic E-state index is 15.9. The summed E-state index contributed by atoms with van der Waals surface area (Å²) in [6.45, 7) is 5.02. The van der Waals surface area contributed by atoms with E-state index >= 15 is 4.39 Å². The number of hydrogen-bond donors (Lipinski definition) is 3. The summed E-state index contributed by atoms with van der Waals surface area (Å²) in [5.41, 5.74) is 10.1. The lowest BCUT2D eigenvalue weighted by Crippen LogP contribution is -2.40. The van der Waals surface area contributed by atoms with Gasteiger partial charge >= 0.3 is 7.60 Å². The highest BCUT2D eigenvalue weighted by Gasteiger charge is 2.56. The number of carbonyl (C=O) groups is 2. The molecule has 41 heavy (non-hydrogen) atoms. The number of anilines is 2. The topological polar surface area (TPSA) is 195 Å². The van der Waals surface area contributed by atoms with Crippen molar-refractivity contribution in [3.63, 3.8) is 0 Å². The number of nitrogens with two attached hydrogens (primary N) is 2. The smallest absolute Gasteiger partial charge is 0.380 e. The Morgan fingerprint density at radius 3 is 2.66 bits per heavy atom. The van der Waals surface area contributed by atoms with E-state index in [2.05, 4.69) is 15.0 Å². The van der Waals surface area contributed by atoms with Crippen LogP contribution in [0.2, 0.25) is 0 Å². The minimum Gasteiger partial charge on any atom is -0.424 e. The molecule has 0 amide bonds. The normalized spacial score (nSPS) is 24.7. The molecule has 1 aromatic carbocycles. The lowest BCUT2D eigenvalue weighted by Gasteiger charge is -2.25. The molecule has 0 saturated carbocycles. The molecule has 1 fully saturated rings. The van der Waals surface area contributed by atoms with Gasteiger partial charge in [-0.05, 0) is 38.8 Å². The van der Waals surface area contributed by atoms with Crippen LogP contribution in [0.1, 0.15) is 45.9 Å². The average Bonchev–Trinajstić information content (AvgIpc) is 3.40. The number of nitrogens with zero attached hydrogens (tertiary/aromatic N) is 4. The number of fused-ring (bicyclic) bond motifs is 1. The Labute approximate surface area is 235 Å². The number of benzene rings is 1. The number of aromatic nitrogens is 4. The van der Waals surface area contributed by atoms with Crippen LogP contribution >= 0.6 is 7.60 Å². The Kier molecular flexibility index (Phi) is 8.78. The van der Waals surface area contributed by atoms with Gasteiger partial charge in [0.1, 0.15) is 35.0 Å². The first-order valence-electron chi connectivity index (χ1n) is 13.0. The molecule has 4 rings (SSSR count). The Morgan fingerprint density at radius 1 is 1.27 bits per heavy atom. The van der Waals surface area contributed by atoms with Crippen LogP contribution in [0.3, 0.4) is 0 Å². The molecule has 2 aromatic heterocycles. The molecule has 3 heterocycles. The maximum absolute atomic E-state index is 15.9. The monoisotopic (exact) mass is 592 g/mol. The average molecular weight is 593 g/mol. The van der Waals surface area contributed by atoms with Gasteiger partial charge in [0.25, 0.3) is 0 Å². The number of aryl methyl sites for hydroxylation is 1. The fourth-order valence-electron chi connectivity index (χ4n) is 4.51. The van der Waals surface area contributed by atoms with Gasteiger partial charge in [0.15, 0.2) is 23.4 Å². The van der Waals surface area contributed by atoms with E-state index in [-0.39, 0.29) is 52.8 Å². The number of aliphatic hydroxyl groups is 1. The van der Waals surface area contributed by atoms with Gasteiger partial charge in [-0.2, -0.15) is 9.97 Å². The SMILES string of the molecule is CC(=O)CCc1ccccc1OP(=O)(C[C@@H](C)C(C)=O)OC[C@H]1O[C@@H](n2cnc3c(N)nc(N)nc32)C(C)(F)[C@H]1O. The van der Waals surface area contributed by atoms with Crippen LogP contribution < -0.4 is 16.0 Å². The molecule has 0 spiro atoms. The number of imidazole rings is 1. The molecule has 3 aromatic rings. The molecule has 1 aliphatic rings. The van der Waals surface area contributed by atoms with Crippen molar-refractivity contribution in [2.45, 2.75) is 64.6 Å². The minimum atomic E-state index is -4.07. The fourth-order valence-corrected chi connectivity index (χ4v) is 6.52. The quantitative estimate of drug-likeness (QED) is 0.261. The molecule has 2 unspecified atom stereocenters. The van der Waals surface area contributed by atoms with Crippen LogP contribution in [-0.2, 0) is 29.8 Å². The van der Waals surface area contributed by atoms with Gasteiger partial charge in [0, 0.05) is 12.3 Å². The zero-order chi connectivity index (χ0) is 30.1. The number of carbonyl (C=O) groups excluding carboxylic acids is 2. The Hall–Kier alpha value is -3.45. The highest BCUT2D eigenvalue weighted by atomic mass is 31.2. The van der Waals surface area contributed by atoms with E-state index in [0.717, 1.165) is 6.92 Å². The molecular weight excluding hydrogens is 558 g/mol. The molecule has 5 N–H and O–H groups in total. The number of rotatable bonds is 12. The molecule has 222 valence electrons.